The van der Waals surface area contributed by atoms with E-state index in [0.717, 1.165) is 23.2 Å². The molecule has 0 saturated carbocycles. The lowest BCUT2D eigenvalue weighted by molar-refractivity contribution is -0.123. The summed E-state index contributed by atoms with van der Waals surface area (Å²) >= 11 is 4.31. The number of carbonyl (C=O) groups excluding carboxylic acids is 2. The Kier molecular flexibility index (Phi) is 7.47. The standard InChI is InChI=1S/C25H16FI2N3O3/c26-19-7-5-15(6-8-19)13-31-24(32)22(30-25(31)33)11-16-9-20(27)23(21(28)10-16)34-14-18-4-2-1-3-17(18)12-29/h1-11H,13-14H2,(H,30,33)/b22-11+. The number of ether oxygens (including phenoxy) is 1. The van der Waals surface area contributed by atoms with E-state index in [9.17, 15) is 19.2 Å². The molecule has 0 spiro atoms. The van der Waals surface area contributed by atoms with Crippen LogP contribution in [0.15, 0.2) is 66.4 Å². The van der Waals surface area contributed by atoms with Crippen molar-refractivity contribution in [1.82, 2.24) is 10.2 Å². The maximum absolute atomic E-state index is 13.1. The van der Waals surface area contributed by atoms with Crippen molar-refractivity contribution in [2.45, 2.75) is 13.2 Å². The van der Waals surface area contributed by atoms with Crippen molar-refractivity contribution < 1.29 is 18.7 Å². The molecule has 1 saturated heterocycles. The van der Waals surface area contributed by atoms with E-state index in [1.54, 1.807) is 12.1 Å². The van der Waals surface area contributed by atoms with Crippen LogP contribution in [0.4, 0.5) is 9.18 Å². The van der Waals surface area contributed by atoms with Crippen molar-refractivity contribution in [2.24, 2.45) is 0 Å². The number of urea groups is 1. The van der Waals surface area contributed by atoms with Crippen LogP contribution in [0.1, 0.15) is 22.3 Å². The number of carbonyl (C=O) groups is 2. The zero-order valence-electron chi connectivity index (χ0n) is 17.5. The van der Waals surface area contributed by atoms with Gasteiger partial charge in [0.25, 0.3) is 5.91 Å². The first kappa shape index (κ1) is 24.2. The number of hydrogen-bond acceptors (Lipinski definition) is 4. The SMILES string of the molecule is N#Cc1ccccc1COc1c(I)cc(/C=C2/NC(=O)N(Cc3ccc(F)cc3)C2=O)cc1I. The highest BCUT2D eigenvalue weighted by Gasteiger charge is 2.33. The van der Waals surface area contributed by atoms with Gasteiger partial charge in [0.05, 0.1) is 25.3 Å². The monoisotopic (exact) mass is 679 g/mol. The van der Waals surface area contributed by atoms with Crippen LogP contribution in [0.25, 0.3) is 6.08 Å². The minimum atomic E-state index is -0.527. The number of halogens is 3. The minimum Gasteiger partial charge on any atom is -0.487 e. The molecule has 1 heterocycles. The van der Waals surface area contributed by atoms with Gasteiger partial charge in [-0.15, -0.1) is 0 Å². The molecule has 0 atom stereocenters. The summed E-state index contributed by atoms with van der Waals surface area (Å²) in [6.07, 6.45) is 1.62. The maximum Gasteiger partial charge on any atom is 0.329 e. The van der Waals surface area contributed by atoms with E-state index < -0.39 is 11.9 Å². The molecular formula is C25H16FI2N3O3. The lowest BCUT2D eigenvalue weighted by Crippen LogP contribution is -2.30. The van der Waals surface area contributed by atoms with Crippen molar-refractivity contribution in [3.05, 3.63) is 102 Å². The van der Waals surface area contributed by atoms with Gasteiger partial charge in [-0.1, -0.05) is 30.3 Å². The van der Waals surface area contributed by atoms with Crippen molar-refractivity contribution in [3.8, 4) is 11.8 Å². The van der Waals surface area contributed by atoms with Crippen LogP contribution >= 0.6 is 45.2 Å². The van der Waals surface area contributed by atoms with Crippen LogP contribution in [0.5, 0.6) is 5.75 Å². The highest BCUT2D eigenvalue weighted by Crippen LogP contribution is 2.31. The minimum absolute atomic E-state index is 0.0499. The second-order valence-electron chi connectivity index (χ2n) is 7.38. The van der Waals surface area contributed by atoms with Gasteiger partial charge in [0, 0.05) is 5.56 Å². The molecule has 1 aliphatic rings. The second-order valence-corrected chi connectivity index (χ2v) is 9.70. The smallest absolute Gasteiger partial charge is 0.329 e. The highest BCUT2D eigenvalue weighted by molar-refractivity contribution is 14.1. The summed E-state index contributed by atoms with van der Waals surface area (Å²) in [6.45, 7) is 0.303. The Bertz CT molecular complexity index is 1330. The van der Waals surface area contributed by atoms with E-state index in [0.29, 0.717) is 16.9 Å². The molecule has 4 rings (SSSR count). The fourth-order valence-electron chi connectivity index (χ4n) is 3.36. The lowest BCUT2D eigenvalue weighted by atomic mass is 10.1. The van der Waals surface area contributed by atoms with Crippen molar-refractivity contribution in [3.63, 3.8) is 0 Å². The summed E-state index contributed by atoms with van der Waals surface area (Å²) < 4.78 is 20.8. The Balaban J connectivity index is 1.51. The van der Waals surface area contributed by atoms with Gasteiger partial charge < -0.3 is 10.1 Å². The first-order valence-electron chi connectivity index (χ1n) is 10.0. The van der Waals surface area contributed by atoms with Crippen LogP contribution in [0, 0.1) is 24.3 Å². The van der Waals surface area contributed by atoms with E-state index >= 15 is 0 Å². The maximum atomic E-state index is 13.1. The summed E-state index contributed by atoms with van der Waals surface area (Å²) in [6, 6.07) is 18.2. The molecule has 34 heavy (non-hydrogen) atoms. The van der Waals surface area contributed by atoms with E-state index in [-0.39, 0.29) is 24.7 Å². The van der Waals surface area contributed by atoms with Gasteiger partial charge >= 0.3 is 6.03 Å². The van der Waals surface area contributed by atoms with E-state index in [1.165, 1.54) is 24.3 Å². The average Bonchev–Trinajstić information content (AvgIpc) is 3.07. The van der Waals surface area contributed by atoms with E-state index in [2.05, 4.69) is 56.6 Å². The van der Waals surface area contributed by atoms with Gasteiger partial charge in [-0.25, -0.2) is 9.18 Å². The number of nitrogens with one attached hydrogen (secondary N) is 1. The van der Waals surface area contributed by atoms with Crippen molar-refractivity contribution in [1.29, 1.82) is 5.26 Å². The molecule has 6 nitrogen and oxygen atoms in total. The van der Waals surface area contributed by atoms with Gasteiger partial charge in [0.2, 0.25) is 0 Å². The zero-order valence-corrected chi connectivity index (χ0v) is 21.8. The fraction of sp³-hybridized carbons (Fsp3) is 0.0800. The number of nitrogens with zero attached hydrogens (tertiary/aromatic N) is 2. The number of hydrogen-bond donors (Lipinski definition) is 1. The quantitative estimate of drug-likeness (QED) is 0.210. The van der Waals surface area contributed by atoms with Crippen LogP contribution < -0.4 is 10.1 Å². The summed E-state index contributed by atoms with van der Waals surface area (Å²) in [5.41, 5.74) is 2.90. The van der Waals surface area contributed by atoms with E-state index in [1.807, 2.05) is 30.3 Å². The molecule has 0 aromatic heterocycles. The Morgan fingerprint density at radius 1 is 1.06 bits per heavy atom. The molecule has 1 fully saturated rings. The molecule has 170 valence electrons. The molecule has 3 aromatic rings. The number of imide groups is 1. The molecule has 3 amide bonds. The van der Waals surface area contributed by atoms with Gasteiger partial charge in [-0.2, -0.15) is 5.26 Å². The normalized spacial score (nSPS) is 14.3. The topological polar surface area (TPSA) is 82.4 Å². The average molecular weight is 679 g/mol. The Morgan fingerprint density at radius 2 is 1.74 bits per heavy atom. The molecule has 1 N–H and O–H groups in total. The summed E-state index contributed by atoms with van der Waals surface area (Å²) in [4.78, 5) is 26.2. The molecule has 3 aromatic carbocycles. The van der Waals surface area contributed by atoms with Gasteiger partial charge in [0.1, 0.15) is 23.9 Å². The third-order valence-corrected chi connectivity index (χ3v) is 6.66. The van der Waals surface area contributed by atoms with Crippen LogP contribution in [-0.4, -0.2) is 16.8 Å². The predicted octanol–water partition coefficient (Wildman–Crippen LogP) is 5.58. The molecule has 0 aliphatic carbocycles. The van der Waals surface area contributed by atoms with Crippen molar-refractivity contribution in [2.75, 3.05) is 0 Å². The first-order valence-corrected chi connectivity index (χ1v) is 12.2. The Labute approximate surface area is 222 Å². The number of benzene rings is 3. The van der Waals surface area contributed by atoms with Gasteiger partial charge in [-0.3, -0.25) is 9.69 Å². The third kappa shape index (κ3) is 5.39. The summed E-state index contributed by atoms with van der Waals surface area (Å²) in [5.74, 6) is -0.156. The van der Waals surface area contributed by atoms with Crippen LogP contribution in [0.3, 0.4) is 0 Å². The molecule has 0 radical (unpaired) electrons. The molecule has 0 unspecified atom stereocenters. The largest absolute Gasteiger partial charge is 0.487 e. The number of rotatable bonds is 6. The summed E-state index contributed by atoms with van der Waals surface area (Å²) in [5, 5.41) is 11.9. The molecule has 0 bridgehead atoms. The second kappa shape index (κ2) is 10.5. The number of amides is 3. The predicted molar refractivity (Wildman–Crippen MR) is 141 cm³/mol. The lowest BCUT2D eigenvalue weighted by Gasteiger charge is -2.12. The van der Waals surface area contributed by atoms with Crippen molar-refractivity contribution >= 4 is 63.2 Å². The summed E-state index contributed by atoms with van der Waals surface area (Å²) in [7, 11) is 0. The third-order valence-electron chi connectivity index (χ3n) is 5.06. The van der Waals surface area contributed by atoms with E-state index in [4.69, 9.17) is 4.74 Å². The van der Waals surface area contributed by atoms with Gasteiger partial charge in [-0.05, 0) is 92.7 Å². The highest BCUT2D eigenvalue weighted by atomic mass is 127. The Morgan fingerprint density at radius 3 is 2.41 bits per heavy atom. The van der Waals surface area contributed by atoms with Crippen LogP contribution in [0.2, 0.25) is 0 Å². The molecule has 1 aliphatic heterocycles. The fourth-order valence-corrected chi connectivity index (χ4v) is 5.49. The first-order chi connectivity index (χ1) is 16.4. The van der Waals surface area contributed by atoms with Gasteiger partial charge in [0.15, 0.2) is 0 Å². The zero-order chi connectivity index (χ0) is 24.2. The Hall–Kier alpha value is -2.98. The molecule has 9 heteroatoms. The van der Waals surface area contributed by atoms with Crippen LogP contribution in [-0.2, 0) is 17.9 Å². The molecular weight excluding hydrogens is 663 g/mol. The number of nitriles is 1.